The standard InChI is InChI=1S/C12H13FN4O2/c1-7-10(11(13)17(3)16-7)6-14-15-12(18)9-4-5-19-8(9)2/h4-6H,1-3H3,(H,15,18)/b14-6-. The van der Waals surface area contributed by atoms with Crippen molar-refractivity contribution in [2.75, 3.05) is 0 Å². The lowest BCUT2D eigenvalue weighted by Crippen LogP contribution is -2.17. The fourth-order valence-electron chi connectivity index (χ4n) is 1.63. The molecular formula is C12H13FN4O2. The van der Waals surface area contributed by atoms with Crippen molar-refractivity contribution in [1.29, 1.82) is 0 Å². The van der Waals surface area contributed by atoms with Crippen molar-refractivity contribution in [3.05, 3.63) is 40.9 Å². The third-order valence-electron chi connectivity index (χ3n) is 2.66. The zero-order valence-electron chi connectivity index (χ0n) is 10.8. The molecule has 2 aromatic rings. The smallest absolute Gasteiger partial charge is 0.274 e. The minimum atomic E-state index is -0.505. The van der Waals surface area contributed by atoms with Gasteiger partial charge in [0.1, 0.15) is 5.76 Å². The summed E-state index contributed by atoms with van der Waals surface area (Å²) in [6, 6.07) is 1.54. The summed E-state index contributed by atoms with van der Waals surface area (Å²) in [5.41, 5.74) is 3.43. The molecule has 1 amide bonds. The molecule has 0 aliphatic rings. The van der Waals surface area contributed by atoms with Crippen LogP contribution >= 0.6 is 0 Å². The van der Waals surface area contributed by atoms with Gasteiger partial charge in [0.05, 0.1) is 29.3 Å². The summed E-state index contributed by atoms with van der Waals surface area (Å²) in [5.74, 6) is -0.420. The van der Waals surface area contributed by atoms with Crippen LogP contribution in [0.4, 0.5) is 4.39 Å². The summed E-state index contributed by atoms with van der Waals surface area (Å²) in [6.07, 6.45) is 2.64. The van der Waals surface area contributed by atoms with E-state index in [0.717, 1.165) is 4.68 Å². The Bertz CT molecular complexity index is 642. The van der Waals surface area contributed by atoms with Crippen LogP contribution in [0.5, 0.6) is 0 Å². The third-order valence-corrected chi connectivity index (χ3v) is 2.66. The first-order valence-electron chi connectivity index (χ1n) is 5.57. The van der Waals surface area contributed by atoms with Crippen molar-refractivity contribution in [3.63, 3.8) is 0 Å². The Morgan fingerprint density at radius 2 is 2.32 bits per heavy atom. The van der Waals surface area contributed by atoms with Crippen LogP contribution in [-0.4, -0.2) is 21.9 Å². The molecule has 0 atom stereocenters. The monoisotopic (exact) mass is 264 g/mol. The van der Waals surface area contributed by atoms with Crippen molar-refractivity contribution in [2.24, 2.45) is 12.1 Å². The molecule has 0 aliphatic carbocycles. The average molecular weight is 264 g/mol. The number of aromatic nitrogens is 2. The van der Waals surface area contributed by atoms with E-state index in [9.17, 15) is 9.18 Å². The third kappa shape index (κ3) is 2.54. The molecule has 100 valence electrons. The molecule has 1 N–H and O–H groups in total. The Hall–Kier alpha value is -2.44. The van der Waals surface area contributed by atoms with Gasteiger partial charge < -0.3 is 4.42 Å². The van der Waals surface area contributed by atoms with Gasteiger partial charge in [0.2, 0.25) is 5.95 Å². The van der Waals surface area contributed by atoms with Crippen molar-refractivity contribution >= 4 is 12.1 Å². The highest BCUT2D eigenvalue weighted by Crippen LogP contribution is 2.09. The number of carbonyl (C=O) groups excluding carboxylic acids is 1. The molecule has 0 spiro atoms. The fraction of sp³-hybridized carbons (Fsp3) is 0.250. The molecule has 0 aromatic carbocycles. The van der Waals surface area contributed by atoms with Gasteiger partial charge in [-0.2, -0.15) is 14.6 Å². The maximum atomic E-state index is 13.6. The molecule has 0 fully saturated rings. The molecule has 2 rings (SSSR count). The minimum Gasteiger partial charge on any atom is -0.469 e. The molecule has 0 unspecified atom stereocenters. The van der Waals surface area contributed by atoms with Gasteiger partial charge in [-0.15, -0.1) is 0 Å². The highest BCUT2D eigenvalue weighted by atomic mass is 19.1. The summed E-state index contributed by atoms with van der Waals surface area (Å²) in [6.45, 7) is 3.33. The number of rotatable bonds is 3. The maximum Gasteiger partial charge on any atom is 0.274 e. The lowest BCUT2D eigenvalue weighted by molar-refractivity contribution is 0.0953. The van der Waals surface area contributed by atoms with Crippen molar-refractivity contribution < 1.29 is 13.6 Å². The fourth-order valence-corrected chi connectivity index (χ4v) is 1.63. The van der Waals surface area contributed by atoms with E-state index in [1.54, 1.807) is 13.8 Å². The number of carbonyl (C=O) groups is 1. The molecule has 0 aliphatic heterocycles. The number of furan rings is 1. The molecule has 0 saturated heterocycles. The summed E-state index contributed by atoms with van der Waals surface area (Å²) in [7, 11) is 1.49. The van der Waals surface area contributed by atoms with E-state index in [1.807, 2.05) is 0 Å². The van der Waals surface area contributed by atoms with E-state index in [-0.39, 0.29) is 5.56 Å². The van der Waals surface area contributed by atoms with E-state index < -0.39 is 11.9 Å². The first kappa shape index (κ1) is 13.0. The van der Waals surface area contributed by atoms with Crippen molar-refractivity contribution in [1.82, 2.24) is 15.2 Å². The number of hydrogen-bond donors (Lipinski definition) is 1. The number of halogens is 1. The Labute approximate surface area is 108 Å². The van der Waals surface area contributed by atoms with E-state index in [0.29, 0.717) is 17.0 Å². The predicted octanol–water partition coefficient (Wildman–Crippen LogP) is 1.53. The second-order valence-corrected chi connectivity index (χ2v) is 4.00. The summed E-state index contributed by atoms with van der Waals surface area (Å²) in [4.78, 5) is 11.7. The number of nitrogens with one attached hydrogen (secondary N) is 1. The first-order chi connectivity index (χ1) is 9.00. The summed E-state index contributed by atoms with van der Waals surface area (Å²) >= 11 is 0. The molecule has 6 nitrogen and oxygen atoms in total. The summed E-state index contributed by atoms with van der Waals surface area (Å²) < 4.78 is 19.7. The highest BCUT2D eigenvalue weighted by molar-refractivity contribution is 5.95. The van der Waals surface area contributed by atoms with Crippen LogP contribution in [0.25, 0.3) is 0 Å². The lowest BCUT2D eigenvalue weighted by atomic mass is 10.2. The number of hydrazone groups is 1. The van der Waals surface area contributed by atoms with Crippen LogP contribution in [-0.2, 0) is 7.05 Å². The zero-order chi connectivity index (χ0) is 14.0. The average Bonchev–Trinajstić information content (AvgIpc) is 2.88. The van der Waals surface area contributed by atoms with E-state index in [2.05, 4.69) is 15.6 Å². The van der Waals surface area contributed by atoms with Crippen LogP contribution in [0.1, 0.15) is 27.4 Å². The maximum absolute atomic E-state index is 13.6. The Morgan fingerprint density at radius 1 is 1.58 bits per heavy atom. The van der Waals surface area contributed by atoms with Crippen LogP contribution in [0.2, 0.25) is 0 Å². The Kier molecular flexibility index (Phi) is 3.46. The molecule has 19 heavy (non-hydrogen) atoms. The molecule has 2 heterocycles. The van der Waals surface area contributed by atoms with Crippen LogP contribution in [0.3, 0.4) is 0 Å². The Morgan fingerprint density at radius 3 is 2.84 bits per heavy atom. The van der Waals surface area contributed by atoms with E-state index in [4.69, 9.17) is 4.42 Å². The van der Waals surface area contributed by atoms with Gasteiger partial charge in [-0.3, -0.25) is 4.79 Å². The normalized spacial score (nSPS) is 11.2. The number of amides is 1. The Balaban J connectivity index is 2.09. The molecule has 7 heteroatoms. The van der Waals surface area contributed by atoms with Gasteiger partial charge in [-0.25, -0.2) is 10.1 Å². The lowest BCUT2D eigenvalue weighted by Gasteiger charge is -1.97. The first-order valence-corrected chi connectivity index (χ1v) is 5.57. The molecule has 0 bridgehead atoms. The second kappa shape index (κ2) is 5.05. The van der Waals surface area contributed by atoms with Gasteiger partial charge in [0, 0.05) is 7.05 Å². The van der Waals surface area contributed by atoms with E-state index in [1.165, 1.54) is 25.6 Å². The molecule has 0 radical (unpaired) electrons. The van der Waals surface area contributed by atoms with Gasteiger partial charge in [0.25, 0.3) is 5.91 Å². The second-order valence-electron chi connectivity index (χ2n) is 4.00. The van der Waals surface area contributed by atoms with Crippen molar-refractivity contribution in [3.8, 4) is 0 Å². The van der Waals surface area contributed by atoms with Crippen LogP contribution in [0.15, 0.2) is 21.8 Å². The summed E-state index contributed by atoms with van der Waals surface area (Å²) in [5, 5.41) is 7.61. The number of hydrogen-bond acceptors (Lipinski definition) is 4. The number of nitrogens with zero attached hydrogens (tertiary/aromatic N) is 3. The van der Waals surface area contributed by atoms with Crippen LogP contribution in [0, 0.1) is 19.8 Å². The van der Waals surface area contributed by atoms with Gasteiger partial charge in [0.15, 0.2) is 0 Å². The molecular weight excluding hydrogens is 251 g/mol. The highest BCUT2D eigenvalue weighted by Gasteiger charge is 2.12. The quantitative estimate of drug-likeness (QED) is 0.675. The number of aryl methyl sites for hydroxylation is 3. The SMILES string of the molecule is Cc1nn(C)c(F)c1/C=N\NC(=O)c1ccoc1C. The topological polar surface area (TPSA) is 72.4 Å². The van der Waals surface area contributed by atoms with Gasteiger partial charge in [-0.1, -0.05) is 0 Å². The zero-order valence-corrected chi connectivity index (χ0v) is 10.8. The van der Waals surface area contributed by atoms with Crippen molar-refractivity contribution in [2.45, 2.75) is 13.8 Å². The largest absolute Gasteiger partial charge is 0.469 e. The molecule has 0 saturated carbocycles. The van der Waals surface area contributed by atoms with Crippen LogP contribution < -0.4 is 5.43 Å². The van der Waals surface area contributed by atoms with Gasteiger partial charge in [-0.05, 0) is 19.9 Å². The van der Waals surface area contributed by atoms with E-state index >= 15 is 0 Å². The predicted molar refractivity (Wildman–Crippen MR) is 66.4 cm³/mol. The molecule has 2 aromatic heterocycles. The minimum absolute atomic E-state index is 0.242. The van der Waals surface area contributed by atoms with Gasteiger partial charge >= 0.3 is 0 Å².